The van der Waals surface area contributed by atoms with Gasteiger partial charge in [0.25, 0.3) is 0 Å². The van der Waals surface area contributed by atoms with Crippen LogP contribution in [0.1, 0.15) is 24.1 Å². The lowest BCUT2D eigenvalue weighted by atomic mass is 9.95. The van der Waals surface area contributed by atoms with Gasteiger partial charge in [-0.3, -0.25) is 4.90 Å². The lowest BCUT2D eigenvalue weighted by Crippen LogP contribution is -2.50. The average molecular weight is 263 g/mol. The van der Waals surface area contributed by atoms with Gasteiger partial charge in [-0.15, -0.1) is 0 Å². The number of hydrogen-bond donors (Lipinski definition) is 1. The minimum atomic E-state index is -0.128. The minimum Gasteiger partial charge on any atom is -0.311 e. The Morgan fingerprint density at radius 3 is 2.79 bits per heavy atom. The van der Waals surface area contributed by atoms with E-state index in [-0.39, 0.29) is 5.82 Å². The van der Waals surface area contributed by atoms with Gasteiger partial charge in [0.2, 0.25) is 0 Å². The Bertz CT molecular complexity index is 441. The smallest absolute Gasteiger partial charge is 0.123 e. The van der Waals surface area contributed by atoms with Gasteiger partial charge in [0.15, 0.2) is 0 Å². The van der Waals surface area contributed by atoms with Crippen LogP contribution in [0.2, 0.25) is 0 Å². The van der Waals surface area contributed by atoms with Gasteiger partial charge in [-0.1, -0.05) is 13.0 Å². The number of hydrogen-bond acceptors (Lipinski definition) is 3. The summed E-state index contributed by atoms with van der Waals surface area (Å²) in [5.74, 6) is -0.128. The fourth-order valence-corrected chi connectivity index (χ4v) is 3.22. The second-order valence-corrected chi connectivity index (χ2v) is 5.46. The molecule has 3 nitrogen and oxygen atoms in total. The molecule has 0 amide bonds. The SMILES string of the molecule is CCN1CCN([C@@H]2CNCc3cc(F)ccc32)CC1. The molecule has 0 bridgehead atoms. The van der Waals surface area contributed by atoms with Gasteiger partial charge < -0.3 is 10.2 Å². The number of nitrogens with one attached hydrogen (secondary N) is 1. The molecule has 1 fully saturated rings. The maximum absolute atomic E-state index is 13.3. The van der Waals surface area contributed by atoms with Gasteiger partial charge in [0.05, 0.1) is 0 Å². The molecule has 0 aliphatic carbocycles. The molecular formula is C15H22FN3. The molecular weight excluding hydrogens is 241 g/mol. The van der Waals surface area contributed by atoms with E-state index in [4.69, 9.17) is 0 Å². The number of fused-ring (bicyclic) bond motifs is 1. The molecule has 1 aromatic carbocycles. The molecule has 0 saturated carbocycles. The zero-order chi connectivity index (χ0) is 13.2. The lowest BCUT2D eigenvalue weighted by Gasteiger charge is -2.41. The van der Waals surface area contributed by atoms with Gasteiger partial charge in [-0.05, 0) is 29.8 Å². The zero-order valence-electron chi connectivity index (χ0n) is 11.5. The van der Waals surface area contributed by atoms with Crippen LogP contribution in [0.25, 0.3) is 0 Å². The summed E-state index contributed by atoms with van der Waals surface area (Å²) in [6.07, 6.45) is 0. The van der Waals surface area contributed by atoms with E-state index in [0.717, 1.165) is 51.4 Å². The predicted octanol–water partition coefficient (Wildman–Crippen LogP) is 1.61. The van der Waals surface area contributed by atoms with Crippen molar-refractivity contribution in [2.75, 3.05) is 39.3 Å². The molecule has 1 saturated heterocycles. The summed E-state index contributed by atoms with van der Waals surface area (Å²) in [4.78, 5) is 5.02. The summed E-state index contributed by atoms with van der Waals surface area (Å²) < 4.78 is 13.3. The second-order valence-electron chi connectivity index (χ2n) is 5.46. The number of rotatable bonds is 2. The van der Waals surface area contributed by atoms with Crippen molar-refractivity contribution in [3.8, 4) is 0 Å². The van der Waals surface area contributed by atoms with Crippen molar-refractivity contribution < 1.29 is 4.39 Å². The second kappa shape index (κ2) is 5.57. The molecule has 2 aliphatic rings. The minimum absolute atomic E-state index is 0.128. The standard InChI is InChI=1S/C15H22FN3/c1-2-18-5-7-19(8-6-18)15-11-17-10-12-9-13(16)3-4-14(12)15/h3-4,9,15,17H,2,5-8,10-11H2,1H3/t15-/m1/s1. The van der Waals surface area contributed by atoms with Gasteiger partial charge in [-0.25, -0.2) is 4.39 Å². The van der Waals surface area contributed by atoms with Crippen molar-refractivity contribution in [3.63, 3.8) is 0 Å². The van der Waals surface area contributed by atoms with Gasteiger partial charge in [0.1, 0.15) is 5.82 Å². The van der Waals surface area contributed by atoms with Crippen molar-refractivity contribution in [1.29, 1.82) is 0 Å². The van der Waals surface area contributed by atoms with Crippen molar-refractivity contribution in [2.45, 2.75) is 19.5 Å². The maximum atomic E-state index is 13.3. The third-order valence-electron chi connectivity index (χ3n) is 4.41. The van der Waals surface area contributed by atoms with Gasteiger partial charge in [0, 0.05) is 45.3 Å². The van der Waals surface area contributed by atoms with Crippen LogP contribution in [0, 0.1) is 5.82 Å². The molecule has 0 radical (unpaired) electrons. The van der Waals surface area contributed by atoms with E-state index in [1.165, 1.54) is 5.56 Å². The lowest BCUT2D eigenvalue weighted by molar-refractivity contribution is 0.0949. The Hall–Kier alpha value is -0.970. The van der Waals surface area contributed by atoms with Crippen LogP contribution >= 0.6 is 0 Å². The first-order valence-corrected chi connectivity index (χ1v) is 7.23. The van der Waals surface area contributed by atoms with Crippen LogP contribution in [0.5, 0.6) is 0 Å². The molecule has 2 heterocycles. The Morgan fingerprint density at radius 1 is 1.26 bits per heavy atom. The van der Waals surface area contributed by atoms with Crippen molar-refractivity contribution in [2.24, 2.45) is 0 Å². The molecule has 3 rings (SSSR count). The third-order valence-corrected chi connectivity index (χ3v) is 4.41. The normalized spacial score (nSPS) is 25.3. The fourth-order valence-electron chi connectivity index (χ4n) is 3.22. The quantitative estimate of drug-likeness (QED) is 0.874. The van der Waals surface area contributed by atoms with E-state index in [2.05, 4.69) is 22.0 Å². The first kappa shape index (κ1) is 13.0. The van der Waals surface area contributed by atoms with Crippen molar-refractivity contribution in [1.82, 2.24) is 15.1 Å². The van der Waals surface area contributed by atoms with Crippen LogP contribution in [0.4, 0.5) is 4.39 Å². The zero-order valence-corrected chi connectivity index (χ0v) is 11.5. The van der Waals surface area contributed by atoms with E-state index < -0.39 is 0 Å². The fraction of sp³-hybridized carbons (Fsp3) is 0.600. The van der Waals surface area contributed by atoms with E-state index in [9.17, 15) is 4.39 Å². The van der Waals surface area contributed by atoms with Crippen LogP contribution in [-0.2, 0) is 6.54 Å². The van der Waals surface area contributed by atoms with Crippen LogP contribution in [0.3, 0.4) is 0 Å². The topological polar surface area (TPSA) is 18.5 Å². The molecule has 1 aromatic rings. The third kappa shape index (κ3) is 2.66. The predicted molar refractivity (Wildman–Crippen MR) is 74.5 cm³/mol. The highest BCUT2D eigenvalue weighted by Crippen LogP contribution is 2.28. The number of likely N-dealkylation sites (N-methyl/N-ethyl adjacent to an activating group) is 1. The van der Waals surface area contributed by atoms with E-state index in [1.54, 1.807) is 12.1 Å². The molecule has 104 valence electrons. The number of piperazine rings is 1. The summed E-state index contributed by atoms with van der Waals surface area (Å²) in [7, 11) is 0. The van der Waals surface area contributed by atoms with Crippen LogP contribution in [-0.4, -0.2) is 49.1 Å². The van der Waals surface area contributed by atoms with E-state index in [1.807, 2.05) is 6.07 Å². The highest BCUT2D eigenvalue weighted by Gasteiger charge is 2.28. The van der Waals surface area contributed by atoms with Crippen molar-refractivity contribution in [3.05, 3.63) is 35.1 Å². The largest absolute Gasteiger partial charge is 0.311 e. The van der Waals surface area contributed by atoms with Crippen LogP contribution < -0.4 is 5.32 Å². The van der Waals surface area contributed by atoms with Gasteiger partial charge >= 0.3 is 0 Å². The number of benzene rings is 1. The molecule has 2 aliphatic heterocycles. The first-order valence-electron chi connectivity index (χ1n) is 7.23. The number of nitrogens with zero attached hydrogens (tertiary/aromatic N) is 2. The summed E-state index contributed by atoms with van der Waals surface area (Å²) >= 11 is 0. The summed E-state index contributed by atoms with van der Waals surface area (Å²) in [5.41, 5.74) is 2.43. The van der Waals surface area contributed by atoms with E-state index in [0.29, 0.717) is 6.04 Å². The first-order chi connectivity index (χ1) is 9.28. The summed E-state index contributed by atoms with van der Waals surface area (Å²) in [6, 6.07) is 5.65. The average Bonchev–Trinajstić information content (AvgIpc) is 2.46. The maximum Gasteiger partial charge on any atom is 0.123 e. The highest BCUT2D eigenvalue weighted by molar-refractivity contribution is 5.33. The Labute approximate surface area is 114 Å². The van der Waals surface area contributed by atoms with E-state index >= 15 is 0 Å². The monoisotopic (exact) mass is 263 g/mol. The summed E-state index contributed by atoms with van der Waals surface area (Å²) in [5, 5.41) is 3.42. The Morgan fingerprint density at radius 2 is 2.05 bits per heavy atom. The summed E-state index contributed by atoms with van der Waals surface area (Å²) in [6.45, 7) is 9.62. The number of halogens is 1. The highest BCUT2D eigenvalue weighted by atomic mass is 19.1. The Balaban J connectivity index is 1.77. The molecule has 0 unspecified atom stereocenters. The van der Waals surface area contributed by atoms with Gasteiger partial charge in [-0.2, -0.15) is 0 Å². The van der Waals surface area contributed by atoms with Crippen molar-refractivity contribution >= 4 is 0 Å². The molecule has 19 heavy (non-hydrogen) atoms. The molecule has 0 spiro atoms. The Kier molecular flexibility index (Phi) is 3.82. The molecule has 1 atom stereocenters. The van der Waals surface area contributed by atoms with Crippen LogP contribution in [0.15, 0.2) is 18.2 Å². The molecule has 0 aromatic heterocycles. The molecule has 1 N–H and O–H groups in total. The molecule has 4 heteroatoms.